The highest BCUT2D eigenvalue weighted by molar-refractivity contribution is 5.76. The third kappa shape index (κ3) is 1.98. The van der Waals surface area contributed by atoms with Gasteiger partial charge in [-0.15, -0.1) is 0 Å². The van der Waals surface area contributed by atoms with E-state index in [-0.39, 0.29) is 5.69 Å². The van der Waals surface area contributed by atoms with Crippen molar-refractivity contribution in [3.05, 3.63) is 51.1 Å². The molecule has 0 unspecified atom stereocenters. The molecular formula is C10H8N4O4. The van der Waals surface area contributed by atoms with E-state index in [1.807, 2.05) is 0 Å². The van der Waals surface area contributed by atoms with Gasteiger partial charge < -0.3 is 10.7 Å². The number of nitrogens with one attached hydrogen (secondary N) is 1. The lowest BCUT2D eigenvalue weighted by molar-refractivity contribution is -0.384. The number of nitrogens with two attached hydrogens (primary N) is 1. The number of aromatic amines is 1. The first-order valence-electron chi connectivity index (χ1n) is 4.85. The number of nitrogens with zero attached hydrogens (tertiary/aromatic N) is 2. The molecular weight excluding hydrogens is 240 g/mol. The SMILES string of the molecule is NC(=O)n1cc(-c2ccc([N+](=O)[O-])cc2)[nH]c1=O. The van der Waals surface area contributed by atoms with Crippen LogP contribution >= 0.6 is 0 Å². The smallest absolute Gasteiger partial charge is 0.334 e. The molecule has 0 aliphatic heterocycles. The minimum Gasteiger partial charge on any atom is -0.351 e. The maximum Gasteiger partial charge on any atom is 0.334 e. The van der Waals surface area contributed by atoms with Crippen LogP contribution in [0.25, 0.3) is 11.3 Å². The van der Waals surface area contributed by atoms with Crippen molar-refractivity contribution >= 4 is 11.7 Å². The lowest BCUT2D eigenvalue weighted by atomic mass is 10.1. The Hall–Kier alpha value is -2.90. The quantitative estimate of drug-likeness (QED) is 0.598. The molecule has 8 heteroatoms. The number of benzene rings is 1. The predicted octanol–water partition coefficient (Wildman–Crippen LogP) is 0.678. The van der Waals surface area contributed by atoms with Crippen LogP contribution in [0.3, 0.4) is 0 Å². The lowest BCUT2D eigenvalue weighted by Gasteiger charge is -1.96. The number of nitro groups is 1. The summed E-state index contributed by atoms with van der Waals surface area (Å²) in [6, 6.07) is 4.64. The molecule has 1 heterocycles. The van der Waals surface area contributed by atoms with Crippen LogP contribution in [0.15, 0.2) is 35.3 Å². The third-order valence-corrected chi connectivity index (χ3v) is 2.35. The third-order valence-electron chi connectivity index (χ3n) is 2.35. The second kappa shape index (κ2) is 4.17. The number of imidazole rings is 1. The van der Waals surface area contributed by atoms with Gasteiger partial charge in [0.15, 0.2) is 0 Å². The fourth-order valence-electron chi connectivity index (χ4n) is 1.47. The van der Waals surface area contributed by atoms with E-state index in [2.05, 4.69) is 4.98 Å². The molecule has 0 aliphatic carbocycles. The van der Waals surface area contributed by atoms with E-state index < -0.39 is 16.6 Å². The molecule has 92 valence electrons. The molecule has 0 radical (unpaired) electrons. The van der Waals surface area contributed by atoms with Crippen LogP contribution in [0.2, 0.25) is 0 Å². The summed E-state index contributed by atoms with van der Waals surface area (Å²) in [5, 5.41) is 10.5. The van der Waals surface area contributed by atoms with E-state index in [1.165, 1.54) is 30.5 Å². The normalized spacial score (nSPS) is 10.2. The molecule has 1 aromatic carbocycles. The van der Waals surface area contributed by atoms with E-state index in [9.17, 15) is 19.7 Å². The average Bonchev–Trinajstić information content (AvgIpc) is 2.71. The maximum absolute atomic E-state index is 11.3. The highest BCUT2D eigenvalue weighted by atomic mass is 16.6. The second-order valence-electron chi connectivity index (χ2n) is 3.49. The minimum absolute atomic E-state index is 0.0598. The summed E-state index contributed by atoms with van der Waals surface area (Å²) >= 11 is 0. The molecule has 2 rings (SSSR count). The lowest BCUT2D eigenvalue weighted by Crippen LogP contribution is -2.28. The number of rotatable bonds is 2. The Morgan fingerprint density at radius 2 is 1.94 bits per heavy atom. The summed E-state index contributed by atoms with van der Waals surface area (Å²) in [6.07, 6.45) is 1.24. The number of amides is 1. The Labute approximate surface area is 99.8 Å². The number of carbonyl (C=O) groups is 1. The topological polar surface area (TPSA) is 124 Å². The molecule has 18 heavy (non-hydrogen) atoms. The molecule has 3 N–H and O–H groups in total. The fourth-order valence-corrected chi connectivity index (χ4v) is 1.47. The molecule has 0 saturated heterocycles. The number of carbonyl (C=O) groups excluding carboxylic acids is 1. The highest BCUT2D eigenvalue weighted by Gasteiger charge is 2.10. The molecule has 0 saturated carbocycles. The van der Waals surface area contributed by atoms with Gasteiger partial charge in [0.25, 0.3) is 5.69 Å². The Balaban J connectivity index is 2.43. The zero-order chi connectivity index (χ0) is 13.3. The molecule has 0 spiro atoms. The Kier molecular flexibility index (Phi) is 2.68. The Morgan fingerprint density at radius 1 is 1.33 bits per heavy atom. The first-order valence-corrected chi connectivity index (χ1v) is 4.85. The van der Waals surface area contributed by atoms with Crippen molar-refractivity contribution in [2.24, 2.45) is 5.73 Å². The first-order chi connectivity index (χ1) is 8.49. The van der Waals surface area contributed by atoms with Crippen LogP contribution in [-0.4, -0.2) is 20.5 Å². The van der Waals surface area contributed by atoms with E-state index in [1.54, 1.807) is 0 Å². The molecule has 1 aromatic heterocycles. The number of aromatic nitrogens is 2. The van der Waals surface area contributed by atoms with Gasteiger partial charge in [0.2, 0.25) is 0 Å². The van der Waals surface area contributed by atoms with Crippen LogP contribution in [0.1, 0.15) is 0 Å². The number of primary amides is 1. The Bertz CT molecular complexity index is 668. The zero-order valence-electron chi connectivity index (χ0n) is 8.99. The van der Waals surface area contributed by atoms with E-state index in [0.29, 0.717) is 11.3 Å². The second-order valence-corrected chi connectivity index (χ2v) is 3.49. The summed E-state index contributed by atoms with van der Waals surface area (Å²) in [6.45, 7) is 0. The van der Waals surface area contributed by atoms with E-state index >= 15 is 0 Å². The van der Waals surface area contributed by atoms with Crippen LogP contribution in [0.5, 0.6) is 0 Å². The van der Waals surface area contributed by atoms with Crippen LogP contribution in [-0.2, 0) is 0 Å². The van der Waals surface area contributed by atoms with Gasteiger partial charge >= 0.3 is 11.7 Å². The van der Waals surface area contributed by atoms with E-state index in [0.717, 1.165) is 4.57 Å². The van der Waals surface area contributed by atoms with Gasteiger partial charge in [-0.1, -0.05) is 0 Å². The molecule has 0 fully saturated rings. The zero-order valence-corrected chi connectivity index (χ0v) is 8.99. The largest absolute Gasteiger partial charge is 0.351 e. The Morgan fingerprint density at radius 3 is 2.39 bits per heavy atom. The average molecular weight is 248 g/mol. The van der Waals surface area contributed by atoms with Crippen molar-refractivity contribution in [2.75, 3.05) is 0 Å². The van der Waals surface area contributed by atoms with Gasteiger partial charge in [-0.05, 0) is 12.1 Å². The summed E-state index contributed by atoms with van der Waals surface area (Å²) in [5.74, 6) is 0. The summed E-state index contributed by atoms with van der Waals surface area (Å²) in [4.78, 5) is 34.6. The molecule has 8 nitrogen and oxygen atoms in total. The highest BCUT2D eigenvalue weighted by Crippen LogP contribution is 2.19. The maximum atomic E-state index is 11.3. The van der Waals surface area contributed by atoms with Crippen molar-refractivity contribution in [3.63, 3.8) is 0 Å². The van der Waals surface area contributed by atoms with Crippen molar-refractivity contribution in [2.45, 2.75) is 0 Å². The van der Waals surface area contributed by atoms with Crippen LogP contribution in [0, 0.1) is 10.1 Å². The number of non-ortho nitro benzene ring substituents is 1. The van der Waals surface area contributed by atoms with Crippen molar-refractivity contribution < 1.29 is 9.72 Å². The minimum atomic E-state index is -0.899. The summed E-state index contributed by atoms with van der Waals surface area (Å²) < 4.78 is 0.719. The van der Waals surface area contributed by atoms with Gasteiger partial charge in [-0.2, -0.15) is 0 Å². The van der Waals surface area contributed by atoms with Crippen molar-refractivity contribution in [3.8, 4) is 11.3 Å². The van der Waals surface area contributed by atoms with Crippen LogP contribution < -0.4 is 11.4 Å². The number of H-pyrrole nitrogens is 1. The van der Waals surface area contributed by atoms with Crippen LogP contribution in [0.4, 0.5) is 10.5 Å². The number of hydrogen-bond acceptors (Lipinski definition) is 4. The molecule has 0 aliphatic rings. The molecule has 0 bridgehead atoms. The molecule has 2 aromatic rings. The molecule has 0 atom stereocenters. The summed E-state index contributed by atoms with van der Waals surface area (Å²) in [5.41, 5.74) is 5.16. The van der Waals surface area contributed by atoms with Crippen molar-refractivity contribution in [1.82, 2.24) is 9.55 Å². The van der Waals surface area contributed by atoms with Gasteiger partial charge in [0.05, 0.1) is 10.6 Å². The predicted molar refractivity (Wildman–Crippen MR) is 62.1 cm³/mol. The van der Waals surface area contributed by atoms with Gasteiger partial charge in [0, 0.05) is 23.9 Å². The van der Waals surface area contributed by atoms with Gasteiger partial charge in [0.1, 0.15) is 0 Å². The standard InChI is InChI=1S/C10H8N4O4/c11-9(15)13-5-8(12-10(13)16)6-1-3-7(4-2-6)14(17)18/h1-5H,(H2,11,15)(H,12,16). The van der Waals surface area contributed by atoms with Crippen molar-refractivity contribution in [1.29, 1.82) is 0 Å². The first kappa shape index (κ1) is 11.6. The van der Waals surface area contributed by atoms with Gasteiger partial charge in [-0.3, -0.25) is 10.1 Å². The van der Waals surface area contributed by atoms with E-state index in [4.69, 9.17) is 5.73 Å². The van der Waals surface area contributed by atoms with Gasteiger partial charge in [-0.25, -0.2) is 14.2 Å². The fraction of sp³-hybridized carbons (Fsp3) is 0. The summed E-state index contributed by atoms with van der Waals surface area (Å²) in [7, 11) is 0. The number of hydrogen-bond donors (Lipinski definition) is 2. The molecule has 1 amide bonds. The monoisotopic (exact) mass is 248 g/mol. The number of nitro benzene ring substituents is 1.